The first-order valence-corrected chi connectivity index (χ1v) is 6.64. The molecule has 0 saturated heterocycles. The molecule has 20 heavy (non-hydrogen) atoms. The maximum absolute atomic E-state index is 9.36. The molecule has 0 unspecified atom stereocenters. The minimum Gasteiger partial charge on any atom is -0.508 e. The molecule has 0 aromatic heterocycles. The molecule has 0 aliphatic rings. The van der Waals surface area contributed by atoms with Crippen LogP contribution < -0.4 is 15.8 Å². The van der Waals surface area contributed by atoms with Gasteiger partial charge in [0, 0.05) is 18.3 Å². The third kappa shape index (κ3) is 3.82. The summed E-state index contributed by atoms with van der Waals surface area (Å²) < 4.78 is 5.13. The second-order valence-electron chi connectivity index (χ2n) is 4.66. The minimum atomic E-state index is 0.276. The molecular weight excluding hydrogens is 252 g/mol. The summed E-state index contributed by atoms with van der Waals surface area (Å²) in [7, 11) is 1.62. The highest BCUT2D eigenvalue weighted by atomic mass is 16.5. The Morgan fingerprint density at radius 1 is 1.20 bits per heavy atom. The van der Waals surface area contributed by atoms with Gasteiger partial charge in [-0.15, -0.1) is 0 Å². The summed E-state index contributed by atoms with van der Waals surface area (Å²) in [6.45, 7) is 0.843. The summed E-state index contributed by atoms with van der Waals surface area (Å²) in [5.74, 6) is 0.990. The van der Waals surface area contributed by atoms with E-state index in [9.17, 15) is 5.11 Å². The third-order valence-corrected chi connectivity index (χ3v) is 3.11. The van der Waals surface area contributed by atoms with Gasteiger partial charge in [0.2, 0.25) is 0 Å². The van der Waals surface area contributed by atoms with Crippen molar-refractivity contribution in [2.45, 2.75) is 12.8 Å². The number of hydrogen-bond acceptors (Lipinski definition) is 4. The number of phenols is 1. The molecule has 0 saturated carbocycles. The summed E-state index contributed by atoms with van der Waals surface area (Å²) in [5, 5.41) is 12.6. The Kier molecular flexibility index (Phi) is 4.71. The first kappa shape index (κ1) is 14.1. The van der Waals surface area contributed by atoms with E-state index in [1.54, 1.807) is 19.2 Å². The molecule has 106 valence electrons. The van der Waals surface area contributed by atoms with Gasteiger partial charge in [0.1, 0.15) is 11.5 Å². The van der Waals surface area contributed by atoms with Crippen LogP contribution in [-0.2, 0) is 6.42 Å². The van der Waals surface area contributed by atoms with Gasteiger partial charge in [0.05, 0.1) is 12.8 Å². The first-order valence-electron chi connectivity index (χ1n) is 6.64. The first-order chi connectivity index (χ1) is 9.69. The van der Waals surface area contributed by atoms with E-state index >= 15 is 0 Å². The Hall–Kier alpha value is -2.36. The number of phenolic OH excluding ortho intramolecular Hbond substituents is 1. The summed E-state index contributed by atoms with van der Waals surface area (Å²) in [4.78, 5) is 0. The lowest BCUT2D eigenvalue weighted by molar-refractivity contribution is 0.417. The average molecular weight is 272 g/mol. The number of nitrogen functional groups attached to an aromatic ring is 1. The molecule has 0 fully saturated rings. The molecule has 2 rings (SSSR count). The highest BCUT2D eigenvalue weighted by Crippen LogP contribution is 2.22. The van der Waals surface area contributed by atoms with E-state index in [2.05, 4.69) is 5.32 Å². The second kappa shape index (κ2) is 6.70. The van der Waals surface area contributed by atoms with Crippen molar-refractivity contribution >= 4 is 11.4 Å². The molecule has 2 aromatic carbocycles. The van der Waals surface area contributed by atoms with Crippen LogP contribution in [0.4, 0.5) is 11.4 Å². The van der Waals surface area contributed by atoms with Gasteiger partial charge in [-0.25, -0.2) is 0 Å². The van der Waals surface area contributed by atoms with Crippen molar-refractivity contribution in [1.29, 1.82) is 0 Å². The number of rotatable bonds is 6. The maximum Gasteiger partial charge on any atom is 0.141 e. The Bertz CT molecular complexity index is 570. The van der Waals surface area contributed by atoms with Crippen molar-refractivity contribution in [2.75, 3.05) is 24.7 Å². The molecule has 0 aliphatic carbocycles. The number of aryl methyl sites for hydroxylation is 1. The molecule has 0 spiro atoms. The summed E-state index contributed by atoms with van der Waals surface area (Å²) in [6, 6.07) is 13.0. The number of aromatic hydroxyl groups is 1. The molecule has 0 amide bonds. The molecule has 0 aliphatic heterocycles. The quantitative estimate of drug-likeness (QED) is 0.558. The maximum atomic E-state index is 9.36. The lowest BCUT2D eigenvalue weighted by Gasteiger charge is -2.09. The highest BCUT2D eigenvalue weighted by molar-refractivity contribution is 5.54. The van der Waals surface area contributed by atoms with Gasteiger partial charge in [0.25, 0.3) is 0 Å². The Balaban J connectivity index is 1.80. The zero-order chi connectivity index (χ0) is 14.4. The topological polar surface area (TPSA) is 67.5 Å². The van der Waals surface area contributed by atoms with Gasteiger partial charge < -0.3 is 20.9 Å². The van der Waals surface area contributed by atoms with Gasteiger partial charge in [0.15, 0.2) is 0 Å². The molecule has 0 heterocycles. The number of benzene rings is 2. The van der Waals surface area contributed by atoms with Gasteiger partial charge in [-0.1, -0.05) is 12.1 Å². The van der Waals surface area contributed by atoms with E-state index in [4.69, 9.17) is 10.5 Å². The molecule has 4 nitrogen and oxygen atoms in total. The summed E-state index contributed by atoms with van der Waals surface area (Å²) >= 11 is 0. The Labute approximate surface area is 119 Å². The normalized spacial score (nSPS) is 10.2. The standard InChI is InChI=1S/C16H20N2O2/c1-20-16-8-7-12(10-15(16)17)4-3-9-18-13-5-2-6-14(19)11-13/h2,5-8,10-11,18-19H,3-4,9,17H2,1H3. The van der Waals surface area contributed by atoms with E-state index in [1.807, 2.05) is 30.3 Å². The number of methoxy groups -OCH3 is 1. The summed E-state index contributed by atoms with van der Waals surface area (Å²) in [5.41, 5.74) is 8.67. The van der Waals surface area contributed by atoms with Crippen LogP contribution in [0, 0.1) is 0 Å². The van der Waals surface area contributed by atoms with Crippen molar-refractivity contribution in [3.05, 3.63) is 48.0 Å². The van der Waals surface area contributed by atoms with Crippen LogP contribution in [0.25, 0.3) is 0 Å². The Morgan fingerprint density at radius 2 is 2.05 bits per heavy atom. The molecule has 4 heteroatoms. The van der Waals surface area contributed by atoms with Crippen LogP contribution in [0.15, 0.2) is 42.5 Å². The van der Waals surface area contributed by atoms with Crippen LogP contribution in [-0.4, -0.2) is 18.8 Å². The van der Waals surface area contributed by atoms with E-state index in [-0.39, 0.29) is 5.75 Å². The van der Waals surface area contributed by atoms with Gasteiger partial charge in [-0.05, 0) is 42.7 Å². The predicted octanol–water partition coefficient (Wildman–Crippen LogP) is 3.03. The zero-order valence-electron chi connectivity index (χ0n) is 11.6. The van der Waals surface area contributed by atoms with Crippen LogP contribution in [0.2, 0.25) is 0 Å². The fourth-order valence-corrected chi connectivity index (χ4v) is 2.08. The average Bonchev–Trinajstić information content (AvgIpc) is 2.44. The van der Waals surface area contributed by atoms with Crippen LogP contribution >= 0.6 is 0 Å². The number of anilines is 2. The van der Waals surface area contributed by atoms with Crippen molar-refractivity contribution < 1.29 is 9.84 Å². The lowest BCUT2D eigenvalue weighted by Crippen LogP contribution is -2.03. The largest absolute Gasteiger partial charge is 0.508 e. The number of nitrogens with two attached hydrogens (primary N) is 1. The SMILES string of the molecule is COc1ccc(CCCNc2cccc(O)c2)cc1N. The number of hydrogen-bond donors (Lipinski definition) is 3. The molecule has 0 radical (unpaired) electrons. The van der Waals surface area contributed by atoms with Crippen LogP contribution in [0.5, 0.6) is 11.5 Å². The third-order valence-electron chi connectivity index (χ3n) is 3.11. The predicted molar refractivity (Wildman–Crippen MR) is 82.3 cm³/mol. The minimum absolute atomic E-state index is 0.276. The van der Waals surface area contributed by atoms with Crippen LogP contribution in [0.1, 0.15) is 12.0 Å². The van der Waals surface area contributed by atoms with Gasteiger partial charge >= 0.3 is 0 Å². The molecule has 4 N–H and O–H groups in total. The molecule has 0 atom stereocenters. The van der Waals surface area contributed by atoms with E-state index in [0.29, 0.717) is 11.4 Å². The number of ether oxygens (including phenoxy) is 1. The Morgan fingerprint density at radius 3 is 2.75 bits per heavy atom. The molecule has 2 aromatic rings. The molecule has 0 bridgehead atoms. The monoisotopic (exact) mass is 272 g/mol. The summed E-state index contributed by atoms with van der Waals surface area (Å²) in [6.07, 6.45) is 1.93. The molecular formula is C16H20N2O2. The second-order valence-corrected chi connectivity index (χ2v) is 4.66. The highest BCUT2D eigenvalue weighted by Gasteiger charge is 2.01. The van der Waals surface area contributed by atoms with Crippen molar-refractivity contribution in [3.8, 4) is 11.5 Å². The van der Waals surface area contributed by atoms with Gasteiger partial charge in [-0.2, -0.15) is 0 Å². The number of nitrogens with one attached hydrogen (secondary N) is 1. The smallest absolute Gasteiger partial charge is 0.141 e. The fourth-order valence-electron chi connectivity index (χ4n) is 2.08. The van der Waals surface area contributed by atoms with Crippen molar-refractivity contribution in [2.24, 2.45) is 0 Å². The van der Waals surface area contributed by atoms with Crippen molar-refractivity contribution in [3.63, 3.8) is 0 Å². The van der Waals surface area contributed by atoms with E-state index in [0.717, 1.165) is 25.1 Å². The van der Waals surface area contributed by atoms with E-state index < -0.39 is 0 Å². The fraction of sp³-hybridized carbons (Fsp3) is 0.250. The van der Waals surface area contributed by atoms with E-state index in [1.165, 1.54) is 5.56 Å². The zero-order valence-corrected chi connectivity index (χ0v) is 11.6. The lowest BCUT2D eigenvalue weighted by atomic mass is 10.1. The van der Waals surface area contributed by atoms with Gasteiger partial charge in [-0.3, -0.25) is 0 Å². The van der Waals surface area contributed by atoms with Crippen molar-refractivity contribution in [1.82, 2.24) is 0 Å². The van der Waals surface area contributed by atoms with Crippen LogP contribution in [0.3, 0.4) is 0 Å².